The van der Waals surface area contributed by atoms with E-state index in [0.717, 1.165) is 0 Å². The van der Waals surface area contributed by atoms with Crippen molar-refractivity contribution in [2.75, 3.05) is 0 Å². The molecule has 0 bridgehead atoms. The molecular formula is C11H12N2O3. The van der Waals surface area contributed by atoms with Crippen molar-refractivity contribution in [1.82, 2.24) is 10.6 Å². The second-order valence-corrected chi connectivity index (χ2v) is 3.68. The maximum atomic E-state index is 11.8. The Morgan fingerprint density at radius 3 is 2.50 bits per heavy atom. The van der Waals surface area contributed by atoms with Crippen molar-refractivity contribution in [2.24, 2.45) is 0 Å². The molecule has 0 aromatic heterocycles. The van der Waals surface area contributed by atoms with Crippen LogP contribution in [0.3, 0.4) is 0 Å². The summed E-state index contributed by atoms with van der Waals surface area (Å²) >= 11 is 0. The summed E-state index contributed by atoms with van der Waals surface area (Å²) in [5.74, 6) is -0.428. The first-order valence-corrected chi connectivity index (χ1v) is 5.02. The van der Waals surface area contributed by atoms with Gasteiger partial charge in [0.15, 0.2) is 0 Å². The van der Waals surface area contributed by atoms with Crippen LogP contribution in [0.4, 0.5) is 4.79 Å². The average molecular weight is 220 g/mol. The van der Waals surface area contributed by atoms with Crippen LogP contribution in [-0.2, 0) is 10.3 Å². The van der Waals surface area contributed by atoms with Gasteiger partial charge in [-0.25, -0.2) is 4.79 Å². The van der Waals surface area contributed by atoms with Gasteiger partial charge in [-0.2, -0.15) is 0 Å². The van der Waals surface area contributed by atoms with Crippen molar-refractivity contribution in [3.63, 3.8) is 0 Å². The van der Waals surface area contributed by atoms with Crippen LogP contribution in [0.15, 0.2) is 24.3 Å². The lowest BCUT2D eigenvalue weighted by Gasteiger charge is -2.25. The number of hydrogen-bond acceptors (Lipinski definition) is 3. The maximum Gasteiger partial charge on any atom is 0.322 e. The van der Waals surface area contributed by atoms with Crippen LogP contribution in [0.25, 0.3) is 0 Å². The Morgan fingerprint density at radius 2 is 2.00 bits per heavy atom. The number of phenolic OH excluding ortho intramolecular Hbond substituents is 1. The van der Waals surface area contributed by atoms with Crippen molar-refractivity contribution in [1.29, 1.82) is 0 Å². The van der Waals surface area contributed by atoms with Crippen molar-refractivity contribution in [3.8, 4) is 5.75 Å². The van der Waals surface area contributed by atoms with E-state index in [0.29, 0.717) is 12.0 Å². The molecule has 1 atom stereocenters. The van der Waals surface area contributed by atoms with Crippen LogP contribution >= 0.6 is 0 Å². The third-order valence-corrected chi connectivity index (χ3v) is 2.84. The summed E-state index contributed by atoms with van der Waals surface area (Å²) in [5, 5.41) is 14.5. The summed E-state index contributed by atoms with van der Waals surface area (Å²) in [6.07, 6.45) is 0.377. The summed E-state index contributed by atoms with van der Waals surface area (Å²) in [6, 6.07) is 5.96. The quantitative estimate of drug-likeness (QED) is 0.646. The Hall–Kier alpha value is -2.04. The molecule has 0 spiro atoms. The van der Waals surface area contributed by atoms with E-state index < -0.39 is 17.5 Å². The molecule has 84 valence electrons. The highest BCUT2D eigenvalue weighted by Crippen LogP contribution is 2.34. The SMILES string of the molecule is CC[C@@]1(c2ccccc2O)NC(=O)NC1=O. The third kappa shape index (κ3) is 1.32. The van der Waals surface area contributed by atoms with Crippen LogP contribution in [0.5, 0.6) is 5.75 Å². The lowest BCUT2D eigenvalue weighted by atomic mass is 9.87. The van der Waals surface area contributed by atoms with Gasteiger partial charge in [0.1, 0.15) is 11.3 Å². The Balaban J connectivity index is 2.55. The summed E-state index contributed by atoms with van der Waals surface area (Å²) < 4.78 is 0. The van der Waals surface area contributed by atoms with E-state index in [9.17, 15) is 14.7 Å². The first kappa shape index (κ1) is 10.5. The number of hydrogen-bond donors (Lipinski definition) is 3. The van der Waals surface area contributed by atoms with E-state index >= 15 is 0 Å². The number of phenols is 1. The first-order valence-electron chi connectivity index (χ1n) is 5.02. The fraction of sp³-hybridized carbons (Fsp3) is 0.273. The van der Waals surface area contributed by atoms with Crippen LogP contribution in [0.1, 0.15) is 18.9 Å². The first-order chi connectivity index (χ1) is 7.60. The minimum absolute atomic E-state index is 0.00157. The van der Waals surface area contributed by atoms with Crippen molar-refractivity contribution < 1.29 is 14.7 Å². The van der Waals surface area contributed by atoms with Gasteiger partial charge in [-0.1, -0.05) is 25.1 Å². The highest BCUT2D eigenvalue weighted by Gasteiger charge is 2.47. The minimum atomic E-state index is -1.15. The van der Waals surface area contributed by atoms with Crippen LogP contribution in [-0.4, -0.2) is 17.0 Å². The van der Waals surface area contributed by atoms with Crippen molar-refractivity contribution in [3.05, 3.63) is 29.8 Å². The number of amides is 3. The largest absolute Gasteiger partial charge is 0.508 e. The molecule has 1 fully saturated rings. The van der Waals surface area contributed by atoms with Crippen molar-refractivity contribution >= 4 is 11.9 Å². The minimum Gasteiger partial charge on any atom is -0.508 e. The number of para-hydroxylation sites is 1. The van der Waals surface area contributed by atoms with Crippen LogP contribution in [0, 0.1) is 0 Å². The standard InChI is InChI=1S/C11H12N2O3/c1-2-11(9(15)12-10(16)13-11)7-5-3-4-6-8(7)14/h3-6,14H,2H2,1H3,(H2,12,13,15,16)/t11-/m0/s1. The molecule has 0 radical (unpaired) electrons. The van der Waals surface area contributed by atoms with Gasteiger partial charge < -0.3 is 10.4 Å². The summed E-state index contributed by atoms with van der Waals surface area (Å²) in [6.45, 7) is 1.78. The second-order valence-electron chi connectivity index (χ2n) is 3.68. The predicted molar refractivity (Wildman–Crippen MR) is 56.8 cm³/mol. The van der Waals surface area contributed by atoms with Gasteiger partial charge in [0.05, 0.1) is 0 Å². The highest BCUT2D eigenvalue weighted by atomic mass is 16.3. The van der Waals surface area contributed by atoms with Gasteiger partial charge in [0, 0.05) is 5.56 Å². The van der Waals surface area contributed by atoms with Gasteiger partial charge in [0.25, 0.3) is 5.91 Å². The summed E-state index contributed by atoms with van der Waals surface area (Å²) in [4.78, 5) is 23.0. The zero-order chi connectivity index (χ0) is 11.8. The van der Waals surface area contributed by atoms with Gasteiger partial charge >= 0.3 is 6.03 Å². The molecule has 3 N–H and O–H groups in total. The molecule has 1 aliphatic rings. The molecule has 5 heteroatoms. The monoisotopic (exact) mass is 220 g/mol. The topological polar surface area (TPSA) is 78.4 Å². The Morgan fingerprint density at radius 1 is 1.31 bits per heavy atom. The molecule has 2 rings (SSSR count). The maximum absolute atomic E-state index is 11.8. The molecular weight excluding hydrogens is 208 g/mol. The Kier molecular flexibility index (Phi) is 2.30. The van der Waals surface area contributed by atoms with Crippen LogP contribution in [0.2, 0.25) is 0 Å². The number of nitrogens with one attached hydrogen (secondary N) is 2. The highest BCUT2D eigenvalue weighted by molar-refractivity contribution is 6.07. The average Bonchev–Trinajstić information content (AvgIpc) is 2.55. The zero-order valence-electron chi connectivity index (χ0n) is 8.78. The lowest BCUT2D eigenvalue weighted by molar-refractivity contribution is -0.124. The number of carbonyl (C=O) groups is 2. The smallest absolute Gasteiger partial charge is 0.322 e. The number of rotatable bonds is 2. The number of benzene rings is 1. The van der Waals surface area contributed by atoms with E-state index in [1.54, 1.807) is 25.1 Å². The van der Waals surface area contributed by atoms with Gasteiger partial charge in [-0.3, -0.25) is 10.1 Å². The molecule has 1 aliphatic heterocycles. The molecule has 3 amide bonds. The van der Waals surface area contributed by atoms with E-state index in [-0.39, 0.29) is 5.75 Å². The zero-order valence-corrected chi connectivity index (χ0v) is 8.78. The second kappa shape index (κ2) is 3.52. The number of aromatic hydroxyl groups is 1. The molecule has 16 heavy (non-hydrogen) atoms. The fourth-order valence-corrected chi connectivity index (χ4v) is 1.96. The Labute approximate surface area is 92.5 Å². The number of imide groups is 1. The fourth-order valence-electron chi connectivity index (χ4n) is 1.96. The van der Waals surface area contributed by atoms with Gasteiger partial charge in [-0.05, 0) is 12.5 Å². The molecule has 5 nitrogen and oxygen atoms in total. The number of carbonyl (C=O) groups excluding carboxylic acids is 2. The predicted octanol–water partition coefficient (Wildman–Crippen LogP) is 0.837. The van der Waals surface area contributed by atoms with Crippen molar-refractivity contribution in [2.45, 2.75) is 18.9 Å². The molecule has 1 aromatic carbocycles. The van der Waals surface area contributed by atoms with E-state index in [1.165, 1.54) is 6.07 Å². The van der Waals surface area contributed by atoms with E-state index in [2.05, 4.69) is 10.6 Å². The summed E-state index contributed by atoms with van der Waals surface area (Å²) in [7, 11) is 0. The molecule has 0 unspecified atom stereocenters. The molecule has 1 saturated heterocycles. The van der Waals surface area contributed by atoms with Gasteiger partial charge in [0.2, 0.25) is 0 Å². The number of urea groups is 1. The molecule has 0 saturated carbocycles. The third-order valence-electron chi connectivity index (χ3n) is 2.84. The van der Waals surface area contributed by atoms with Gasteiger partial charge in [-0.15, -0.1) is 0 Å². The van der Waals surface area contributed by atoms with E-state index in [4.69, 9.17) is 0 Å². The summed E-state index contributed by atoms with van der Waals surface area (Å²) in [5.41, 5.74) is -0.733. The normalized spacial score (nSPS) is 24.1. The van der Waals surface area contributed by atoms with E-state index in [1.807, 2.05) is 0 Å². The molecule has 0 aliphatic carbocycles. The lowest BCUT2D eigenvalue weighted by Crippen LogP contribution is -2.43. The molecule has 1 heterocycles. The van der Waals surface area contributed by atoms with Crippen LogP contribution < -0.4 is 10.6 Å². The molecule has 1 aromatic rings. The Bertz CT molecular complexity index is 458.